The number of pyridine rings is 1. The molecule has 4 nitrogen and oxygen atoms in total. The molecule has 0 unspecified atom stereocenters. The van der Waals surface area contributed by atoms with Crippen molar-refractivity contribution in [3.63, 3.8) is 0 Å². The lowest BCUT2D eigenvalue weighted by Crippen LogP contribution is -2.23. The quantitative estimate of drug-likeness (QED) is 0.859. The molecule has 1 aliphatic heterocycles. The van der Waals surface area contributed by atoms with Gasteiger partial charge in [0, 0.05) is 37.5 Å². The molecule has 0 radical (unpaired) electrons. The summed E-state index contributed by atoms with van der Waals surface area (Å²) in [5, 5.41) is 0. The molecule has 0 spiro atoms. The average molecular weight is 340 g/mol. The molecule has 1 aromatic carbocycles. The Morgan fingerprint density at radius 1 is 1.12 bits per heavy atom. The third-order valence-corrected chi connectivity index (χ3v) is 4.24. The summed E-state index contributed by atoms with van der Waals surface area (Å²) in [5.74, 6) is 1.17. The standard InChI is InChI=1S/C20H21FN2O2/c1-13-9-16(21)10-14(2)20(13)25-18-12-22(3)8-7-17(18)15-5-6-19(24)23(4)11-15/h5-11H,12H2,1-4H3. The minimum absolute atomic E-state index is 0.0612. The van der Waals surface area contributed by atoms with Crippen LogP contribution in [0.5, 0.6) is 5.75 Å². The van der Waals surface area contributed by atoms with E-state index in [1.165, 1.54) is 12.1 Å². The lowest BCUT2D eigenvalue weighted by Gasteiger charge is -2.25. The van der Waals surface area contributed by atoms with E-state index in [9.17, 15) is 9.18 Å². The molecule has 5 heteroatoms. The summed E-state index contributed by atoms with van der Waals surface area (Å²) in [6.07, 6.45) is 5.73. The van der Waals surface area contributed by atoms with Gasteiger partial charge in [-0.2, -0.15) is 0 Å². The highest BCUT2D eigenvalue weighted by molar-refractivity contribution is 5.76. The molecule has 0 atom stereocenters. The number of ether oxygens (including phenoxy) is 1. The van der Waals surface area contributed by atoms with Gasteiger partial charge in [-0.05, 0) is 55.4 Å². The highest BCUT2D eigenvalue weighted by atomic mass is 19.1. The molecule has 130 valence electrons. The van der Waals surface area contributed by atoms with E-state index in [1.54, 1.807) is 29.9 Å². The fourth-order valence-electron chi connectivity index (χ4n) is 2.94. The van der Waals surface area contributed by atoms with Crippen LogP contribution in [0.4, 0.5) is 4.39 Å². The number of aromatic nitrogens is 1. The Bertz CT molecular complexity index is 918. The maximum atomic E-state index is 13.6. The first-order valence-corrected chi connectivity index (χ1v) is 8.08. The summed E-state index contributed by atoms with van der Waals surface area (Å²) in [6.45, 7) is 4.26. The molecule has 2 heterocycles. The van der Waals surface area contributed by atoms with Crippen LogP contribution in [-0.2, 0) is 7.05 Å². The summed E-state index contributed by atoms with van der Waals surface area (Å²) in [5.41, 5.74) is 3.26. The number of hydrogen-bond donors (Lipinski definition) is 0. The molecule has 2 aromatic rings. The summed E-state index contributed by atoms with van der Waals surface area (Å²) < 4.78 is 21.3. The van der Waals surface area contributed by atoms with Gasteiger partial charge in [-0.15, -0.1) is 0 Å². The van der Waals surface area contributed by atoms with Crippen LogP contribution in [0.25, 0.3) is 5.57 Å². The van der Waals surface area contributed by atoms with Crippen molar-refractivity contribution in [1.29, 1.82) is 0 Å². The minimum atomic E-state index is -0.268. The van der Waals surface area contributed by atoms with Crippen molar-refractivity contribution in [2.24, 2.45) is 7.05 Å². The molecule has 0 amide bonds. The van der Waals surface area contributed by atoms with Crippen LogP contribution in [0.3, 0.4) is 0 Å². The van der Waals surface area contributed by atoms with Gasteiger partial charge in [0.15, 0.2) is 0 Å². The zero-order valence-corrected chi connectivity index (χ0v) is 14.8. The van der Waals surface area contributed by atoms with Crippen molar-refractivity contribution in [3.05, 3.63) is 81.4 Å². The maximum absolute atomic E-state index is 13.6. The van der Waals surface area contributed by atoms with Crippen molar-refractivity contribution < 1.29 is 9.13 Å². The third-order valence-electron chi connectivity index (χ3n) is 4.24. The van der Waals surface area contributed by atoms with Crippen molar-refractivity contribution >= 4 is 5.57 Å². The molecule has 1 aromatic heterocycles. The van der Waals surface area contributed by atoms with Gasteiger partial charge in [-0.3, -0.25) is 4.79 Å². The predicted molar refractivity (Wildman–Crippen MR) is 96.9 cm³/mol. The fourth-order valence-corrected chi connectivity index (χ4v) is 2.94. The molecule has 25 heavy (non-hydrogen) atoms. The van der Waals surface area contributed by atoms with Crippen molar-refractivity contribution in [2.75, 3.05) is 13.6 Å². The highest BCUT2D eigenvalue weighted by Crippen LogP contribution is 2.31. The molecular formula is C20H21FN2O2. The van der Waals surface area contributed by atoms with E-state index in [0.29, 0.717) is 12.3 Å². The number of nitrogens with zero attached hydrogens (tertiary/aromatic N) is 2. The summed E-state index contributed by atoms with van der Waals surface area (Å²) in [4.78, 5) is 13.7. The Kier molecular flexibility index (Phi) is 4.49. The van der Waals surface area contributed by atoms with Crippen molar-refractivity contribution in [2.45, 2.75) is 13.8 Å². The Morgan fingerprint density at radius 3 is 2.44 bits per heavy atom. The zero-order chi connectivity index (χ0) is 18.1. The SMILES string of the molecule is Cc1cc(F)cc(C)c1OC1=C(c2ccc(=O)n(C)c2)C=CN(C)C1. The second-order valence-corrected chi connectivity index (χ2v) is 6.41. The predicted octanol–water partition coefficient (Wildman–Crippen LogP) is 3.39. The van der Waals surface area contributed by atoms with Crippen molar-refractivity contribution in [1.82, 2.24) is 9.47 Å². The minimum Gasteiger partial charge on any atom is -0.459 e. The van der Waals surface area contributed by atoms with Gasteiger partial charge in [-0.1, -0.05) is 0 Å². The van der Waals surface area contributed by atoms with Crippen LogP contribution in [-0.4, -0.2) is 23.1 Å². The molecule has 0 N–H and O–H groups in total. The Morgan fingerprint density at radius 2 is 1.80 bits per heavy atom. The number of benzene rings is 1. The van der Waals surface area contributed by atoms with Gasteiger partial charge in [-0.25, -0.2) is 4.39 Å². The summed E-state index contributed by atoms with van der Waals surface area (Å²) in [7, 11) is 3.68. The molecule has 0 aliphatic carbocycles. The van der Waals surface area contributed by atoms with E-state index in [1.807, 2.05) is 38.1 Å². The second kappa shape index (κ2) is 6.59. The highest BCUT2D eigenvalue weighted by Gasteiger charge is 2.18. The van der Waals surface area contributed by atoms with Gasteiger partial charge in [0.05, 0.1) is 6.54 Å². The number of halogens is 1. The lowest BCUT2D eigenvalue weighted by atomic mass is 10.0. The van der Waals surface area contributed by atoms with E-state index in [0.717, 1.165) is 28.0 Å². The normalized spacial score (nSPS) is 14.2. The van der Waals surface area contributed by atoms with Crippen LogP contribution >= 0.6 is 0 Å². The molecule has 0 bridgehead atoms. The molecular weight excluding hydrogens is 319 g/mol. The van der Waals surface area contributed by atoms with Crippen LogP contribution in [0.15, 0.2) is 53.3 Å². The largest absolute Gasteiger partial charge is 0.459 e. The summed E-state index contributed by atoms with van der Waals surface area (Å²) >= 11 is 0. The van der Waals surface area contributed by atoms with Gasteiger partial charge >= 0.3 is 0 Å². The van der Waals surface area contributed by atoms with Crippen LogP contribution in [0.1, 0.15) is 16.7 Å². The summed E-state index contributed by atoms with van der Waals surface area (Å²) in [6, 6.07) is 6.27. The monoisotopic (exact) mass is 340 g/mol. The van der Waals surface area contributed by atoms with E-state index in [4.69, 9.17) is 4.74 Å². The Hall–Kier alpha value is -2.82. The van der Waals surface area contributed by atoms with Crippen molar-refractivity contribution in [3.8, 4) is 5.75 Å². The second-order valence-electron chi connectivity index (χ2n) is 6.41. The number of allylic oxidation sites excluding steroid dienone is 2. The molecule has 0 saturated carbocycles. The van der Waals surface area contributed by atoms with Gasteiger partial charge in [0.1, 0.15) is 17.3 Å². The van der Waals surface area contributed by atoms with E-state index in [2.05, 4.69) is 0 Å². The van der Waals surface area contributed by atoms with Crippen LogP contribution in [0.2, 0.25) is 0 Å². The van der Waals surface area contributed by atoms with Crippen LogP contribution < -0.4 is 10.3 Å². The molecule has 0 saturated heterocycles. The van der Waals surface area contributed by atoms with Gasteiger partial charge < -0.3 is 14.2 Å². The first-order chi connectivity index (χ1) is 11.8. The maximum Gasteiger partial charge on any atom is 0.250 e. The fraction of sp³-hybridized carbons (Fsp3) is 0.250. The Labute approximate surface area is 146 Å². The number of aryl methyl sites for hydroxylation is 3. The lowest BCUT2D eigenvalue weighted by molar-refractivity contribution is 0.349. The van der Waals surface area contributed by atoms with Gasteiger partial charge in [0.25, 0.3) is 0 Å². The third kappa shape index (κ3) is 3.50. The Balaban J connectivity index is 2.08. The smallest absolute Gasteiger partial charge is 0.250 e. The number of likely N-dealkylation sites (N-methyl/N-ethyl adjacent to an activating group) is 1. The van der Waals surface area contributed by atoms with E-state index >= 15 is 0 Å². The molecule has 3 rings (SSSR count). The first-order valence-electron chi connectivity index (χ1n) is 8.08. The van der Waals surface area contributed by atoms with Gasteiger partial charge in [0.2, 0.25) is 5.56 Å². The average Bonchev–Trinajstić information content (AvgIpc) is 2.54. The topological polar surface area (TPSA) is 34.5 Å². The van der Waals surface area contributed by atoms with E-state index in [-0.39, 0.29) is 11.4 Å². The van der Waals surface area contributed by atoms with E-state index < -0.39 is 0 Å². The number of rotatable bonds is 3. The van der Waals surface area contributed by atoms with Crippen LogP contribution in [0, 0.1) is 19.7 Å². The molecule has 0 fully saturated rings. The molecule has 1 aliphatic rings. The zero-order valence-electron chi connectivity index (χ0n) is 14.8. The first kappa shape index (κ1) is 17.0. The number of hydrogen-bond acceptors (Lipinski definition) is 3.